The lowest BCUT2D eigenvalue weighted by molar-refractivity contribution is 0.668. The maximum absolute atomic E-state index is 6.89. The van der Waals surface area contributed by atoms with E-state index in [9.17, 15) is 0 Å². The maximum atomic E-state index is 6.89. The molecule has 0 bridgehead atoms. The van der Waals surface area contributed by atoms with E-state index in [2.05, 4.69) is 174 Å². The number of nitrogens with zero attached hydrogens (tertiary/aromatic N) is 4. The van der Waals surface area contributed by atoms with Crippen molar-refractivity contribution >= 4 is 208 Å². The van der Waals surface area contributed by atoms with E-state index in [1.165, 1.54) is 102 Å². The molecule has 4 heterocycles. The molecule has 0 aliphatic carbocycles. The summed E-state index contributed by atoms with van der Waals surface area (Å²) in [4.78, 5) is 15.4. The zero-order chi connectivity index (χ0) is 46.2. The molecule has 67 heavy (non-hydrogen) atoms. The molecule has 8 aromatic carbocycles. The summed E-state index contributed by atoms with van der Waals surface area (Å²) in [5.41, 5.74) is 23.9. The second-order valence-corrected chi connectivity index (χ2v) is 19.6. The first-order valence-corrected chi connectivity index (χ1v) is 24.0. The quantitative estimate of drug-likeness (QED) is 0.169. The van der Waals surface area contributed by atoms with Crippen molar-refractivity contribution in [3.63, 3.8) is 0 Å². The van der Waals surface area contributed by atoms with E-state index >= 15 is 0 Å². The third-order valence-corrected chi connectivity index (χ3v) is 16.6. The monoisotopic (exact) mass is 866 g/mol. The molecule has 0 radical (unpaired) electrons. The summed E-state index contributed by atoms with van der Waals surface area (Å²) < 4.78 is 12.2. The molecule has 0 aliphatic heterocycles. The molecule has 0 saturated carbocycles. The number of thiophene rings is 1. The minimum Gasteiger partial charge on any atom is -0.456 e. The van der Waals surface area contributed by atoms with Gasteiger partial charge in [0.25, 0.3) is 0 Å². The topological polar surface area (TPSA) is 56.7 Å². The Bertz CT molecular complexity index is 4100. The summed E-state index contributed by atoms with van der Waals surface area (Å²) in [6.45, 7) is 0. The molecule has 0 aliphatic rings. The maximum Gasteiger partial charge on any atom is 0.164 e. The molecule has 16 heteroatoms. The van der Waals surface area contributed by atoms with E-state index < -0.39 is 0 Å². The van der Waals surface area contributed by atoms with E-state index in [0.29, 0.717) is 17.5 Å². The molecule has 12 rings (SSSR count). The van der Waals surface area contributed by atoms with Crippen LogP contribution in [0.2, 0.25) is 0 Å². The van der Waals surface area contributed by atoms with Crippen LogP contribution in [-0.2, 0) is 0 Å². The van der Waals surface area contributed by atoms with E-state index in [0.717, 1.165) is 49.9 Å². The molecule has 0 amide bonds. The Morgan fingerprint density at radius 2 is 0.881 bits per heavy atom. The number of aromatic nitrogens is 4. The minimum absolute atomic E-state index is 0.599. The zero-order valence-electron chi connectivity index (χ0n) is 39.7. The molecule has 4 aromatic heterocycles. The smallest absolute Gasteiger partial charge is 0.164 e. The summed E-state index contributed by atoms with van der Waals surface area (Å²) in [6.07, 6.45) is 0. The highest BCUT2D eigenvalue weighted by Gasteiger charge is 2.27. The van der Waals surface area contributed by atoms with Gasteiger partial charge in [0.05, 0.1) is 0 Å². The van der Waals surface area contributed by atoms with E-state index in [1.54, 1.807) is 0 Å². The zero-order valence-corrected chi connectivity index (χ0v) is 40.5. The van der Waals surface area contributed by atoms with Gasteiger partial charge in [-0.1, -0.05) is 135 Å². The Kier molecular flexibility index (Phi) is 9.57. The molecule has 0 atom stereocenters. The van der Waals surface area contributed by atoms with Crippen LogP contribution in [0.15, 0.2) is 126 Å². The van der Waals surface area contributed by atoms with Crippen LogP contribution in [0.4, 0.5) is 0 Å². The van der Waals surface area contributed by atoms with E-state index in [1.807, 2.05) is 41.7 Å². The number of hydrogen-bond donors (Lipinski definition) is 0. The van der Waals surface area contributed by atoms with Crippen LogP contribution >= 0.6 is 11.3 Å². The lowest BCUT2D eigenvalue weighted by Crippen LogP contribution is -2.48. The number of fused-ring (bicyclic) bond motifs is 10. The summed E-state index contributed by atoms with van der Waals surface area (Å²) in [7, 11) is 23.1. The van der Waals surface area contributed by atoms with Gasteiger partial charge in [0.2, 0.25) is 0 Å². The summed E-state index contributed by atoms with van der Waals surface area (Å²) in [5, 5.41) is 7.53. The fourth-order valence-corrected chi connectivity index (χ4v) is 12.4. The van der Waals surface area contributed by atoms with Crippen molar-refractivity contribution in [2.75, 3.05) is 0 Å². The third-order valence-electron chi connectivity index (χ3n) is 15.3. The molecule has 0 fully saturated rings. The number of furan rings is 1. The normalized spacial score (nSPS) is 11.9. The van der Waals surface area contributed by atoms with Crippen molar-refractivity contribution < 1.29 is 4.42 Å². The van der Waals surface area contributed by atoms with Crippen molar-refractivity contribution in [3.8, 4) is 51.0 Å². The number of rotatable bonds is 5. The lowest BCUT2D eigenvalue weighted by atomic mass is 9.64. The number of hydrogen-bond acceptors (Lipinski definition) is 5. The largest absolute Gasteiger partial charge is 0.456 e. The predicted octanol–water partition coefficient (Wildman–Crippen LogP) is -3.51. The Morgan fingerprint density at radius 1 is 0.373 bits per heavy atom. The van der Waals surface area contributed by atoms with Crippen LogP contribution in [-0.4, -0.2) is 98.0 Å². The Morgan fingerprint density at radius 3 is 1.57 bits per heavy atom. The first-order valence-electron chi connectivity index (χ1n) is 23.2. The summed E-state index contributed by atoms with van der Waals surface area (Å²) in [5.74, 6) is 1.84. The van der Waals surface area contributed by atoms with Crippen molar-refractivity contribution in [3.05, 3.63) is 121 Å². The molecule has 306 valence electrons. The van der Waals surface area contributed by atoms with Crippen LogP contribution in [0.1, 0.15) is 0 Å². The lowest BCUT2D eigenvalue weighted by Gasteiger charge is -2.16. The second kappa shape index (κ2) is 15.4. The molecule has 0 N–H and O–H groups in total. The van der Waals surface area contributed by atoms with Crippen LogP contribution < -0.4 is 54.6 Å². The molecule has 12 aromatic rings. The van der Waals surface area contributed by atoms with Gasteiger partial charge in [-0.15, -0.1) is 27.7 Å². The molecule has 0 spiro atoms. The first-order chi connectivity index (χ1) is 32.4. The van der Waals surface area contributed by atoms with Crippen LogP contribution in [0.25, 0.3) is 115 Å². The standard InChI is InChI=1S/C51H40B10N4OS/c52-35-31-34-46(42(59)37(54)32-33-36(53)39(56)41(58)44(61)48(33)67-47(32)34)65(45(31)43(60)40(57)38(35)55)25-18-19-26-29(20-25)66-28-13-7-12-27(30(26)28)51-63-49(23-10-5-2-6-11-23)62-50(64-51)24-16-14-22(15-17-24)21-8-3-1-4-9-21/h1-20H,52-61H2. The molecule has 0 saturated heterocycles. The van der Waals surface area contributed by atoms with Crippen LogP contribution in [0, 0.1) is 0 Å². The highest BCUT2D eigenvalue weighted by Crippen LogP contribution is 2.42. The van der Waals surface area contributed by atoms with Gasteiger partial charge in [-0.05, 0) is 40.1 Å². The summed E-state index contributed by atoms with van der Waals surface area (Å²) in [6, 6.07) is 42.0. The van der Waals surface area contributed by atoms with Crippen molar-refractivity contribution in [1.29, 1.82) is 0 Å². The fraction of sp³-hybridized carbons (Fsp3) is 0. The fourth-order valence-electron chi connectivity index (χ4n) is 10.9. The van der Waals surface area contributed by atoms with Crippen LogP contribution in [0.5, 0.6) is 0 Å². The predicted molar refractivity (Wildman–Crippen MR) is 318 cm³/mol. The average Bonchev–Trinajstić information content (AvgIpc) is 4.06. The van der Waals surface area contributed by atoms with Crippen molar-refractivity contribution in [2.24, 2.45) is 0 Å². The van der Waals surface area contributed by atoms with Gasteiger partial charge in [-0.2, -0.15) is 0 Å². The molecular weight excluding hydrogens is 825 g/mol. The van der Waals surface area contributed by atoms with E-state index in [-0.39, 0.29) is 0 Å². The molecular formula is C51H40B10N4OS. The van der Waals surface area contributed by atoms with Crippen molar-refractivity contribution in [2.45, 2.75) is 0 Å². The SMILES string of the molecule is Bc1c(B)c(B)c2c(sc3c2c(B)c(B)c2c3c3c(B)c(B)c(B)c(B)c3n2-c2ccc3c(c2)oc2cccc(-c4nc(-c5ccccc5)nc(-c5ccc(-c6ccccc6)cc5)n4)c23)c1B. The Labute approximate surface area is 402 Å². The van der Waals surface area contributed by atoms with Crippen molar-refractivity contribution in [1.82, 2.24) is 19.5 Å². The Balaban J connectivity index is 1.09. The summed E-state index contributed by atoms with van der Waals surface area (Å²) >= 11 is 1.98. The number of benzene rings is 8. The Hall–Kier alpha value is -6.76. The second-order valence-electron chi connectivity index (χ2n) is 18.6. The average molecular weight is 865 g/mol. The minimum atomic E-state index is 0.599. The van der Waals surface area contributed by atoms with Gasteiger partial charge >= 0.3 is 0 Å². The van der Waals surface area contributed by atoms with Gasteiger partial charge in [-0.25, -0.2) is 15.0 Å². The van der Waals surface area contributed by atoms with Crippen LogP contribution in [0.3, 0.4) is 0 Å². The highest BCUT2D eigenvalue weighted by atomic mass is 32.1. The first kappa shape index (κ1) is 41.7. The highest BCUT2D eigenvalue weighted by molar-refractivity contribution is 7.28. The van der Waals surface area contributed by atoms with Gasteiger partial charge in [0.15, 0.2) is 17.5 Å². The van der Waals surface area contributed by atoms with Gasteiger partial charge < -0.3 is 8.98 Å². The molecule has 5 nitrogen and oxygen atoms in total. The van der Waals surface area contributed by atoms with Gasteiger partial charge in [0.1, 0.15) is 89.6 Å². The third kappa shape index (κ3) is 6.11. The van der Waals surface area contributed by atoms with E-state index in [4.69, 9.17) is 19.4 Å². The molecule has 0 unspecified atom stereocenters. The van der Waals surface area contributed by atoms with Gasteiger partial charge in [-0.3, -0.25) is 0 Å². The van der Waals surface area contributed by atoms with Gasteiger partial charge in [0, 0.05) is 70.4 Å².